The number of anilines is 1. The quantitative estimate of drug-likeness (QED) is 0.398. The first kappa shape index (κ1) is 24.9. The van der Waals surface area contributed by atoms with Gasteiger partial charge in [-0.05, 0) is 48.5 Å². The second kappa shape index (κ2) is 10.2. The maximum Gasteiger partial charge on any atom is 0.488 e. The SMILES string of the molecule is C[C@H]1Cc2cc(B(O)O)ccc2[C@@H](c2ccc(NC3CN(CCCF)C3)cn2)N1CC(F)(F)F. The Labute approximate surface area is 196 Å². The van der Waals surface area contributed by atoms with Crippen LogP contribution in [0, 0.1) is 0 Å². The van der Waals surface area contributed by atoms with E-state index in [4.69, 9.17) is 0 Å². The minimum absolute atomic E-state index is 0.229. The molecule has 0 aliphatic carbocycles. The van der Waals surface area contributed by atoms with Crippen molar-refractivity contribution in [2.45, 2.75) is 44.1 Å². The van der Waals surface area contributed by atoms with Gasteiger partial charge < -0.3 is 15.4 Å². The van der Waals surface area contributed by atoms with E-state index in [0.717, 1.165) is 30.9 Å². The lowest BCUT2D eigenvalue weighted by atomic mass is 9.76. The van der Waals surface area contributed by atoms with E-state index in [2.05, 4.69) is 15.2 Å². The van der Waals surface area contributed by atoms with Crippen LogP contribution in [0.15, 0.2) is 36.5 Å². The van der Waals surface area contributed by atoms with E-state index in [1.54, 1.807) is 31.3 Å². The average molecular weight is 480 g/mol. The molecule has 1 aromatic heterocycles. The van der Waals surface area contributed by atoms with Gasteiger partial charge in [0.25, 0.3) is 0 Å². The number of benzene rings is 1. The van der Waals surface area contributed by atoms with Crippen molar-refractivity contribution in [2.24, 2.45) is 0 Å². The van der Waals surface area contributed by atoms with Gasteiger partial charge in [0, 0.05) is 25.7 Å². The predicted octanol–water partition coefficient (Wildman–Crippen LogP) is 2.12. The Morgan fingerprint density at radius 2 is 1.94 bits per heavy atom. The van der Waals surface area contributed by atoms with Crippen molar-refractivity contribution < 1.29 is 27.6 Å². The minimum atomic E-state index is -4.37. The molecule has 2 aromatic rings. The summed E-state index contributed by atoms with van der Waals surface area (Å²) in [6.07, 6.45) is -1.85. The second-order valence-electron chi connectivity index (χ2n) is 9.19. The van der Waals surface area contributed by atoms with E-state index in [1.165, 1.54) is 11.0 Å². The van der Waals surface area contributed by atoms with Gasteiger partial charge in [-0.1, -0.05) is 18.2 Å². The zero-order valence-electron chi connectivity index (χ0n) is 19.0. The molecular weight excluding hydrogens is 451 g/mol. The summed E-state index contributed by atoms with van der Waals surface area (Å²) >= 11 is 0. The molecule has 184 valence electrons. The normalized spacial score (nSPS) is 21.7. The summed E-state index contributed by atoms with van der Waals surface area (Å²) in [5, 5.41) is 22.4. The Morgan fingerprint density at radius 3 is 2.56 bits per heavy atom. The van der Waals surface area contributed by atoms with E-state index >= 15 is 0 Å². The fraction of sp³-hybridized carbons (Fsp3) is 0.522. The van der Waals surface area contributed by atoms with Gasteiger partial charge in [0.1, 0.15) is 0 Å². The van der Waals surface area contributed by atoms with Crippen molar-refractivity contribution in [3.05, 3.63) is 53.3 Å². The highest BCUT2D eigenvalue weighted by molar-refractivity contribution is 6.58. The molecule has 11 heteroatoms. The monoisotopic (exact) mass is 480 g/mol. The first-order valence-corrected chi connectivity index (χ1v) is 11.5. The molecule has 1 aromatic carbocycles. The number of rotatable bonds is 8. The number of likely N-dealkylation sites (tertiary alicyclic amines) is 1. The summed E-state index contributed by atoms with van der Waals surface area (Å²) in [5.74, 6) is 0. The summed E-state index contributed by atoms with van der Waals surface area (Å²) in [7, 11) is -1.64. The summed E-state index contributed by atoms with van der Waals surface area (Å²) in [6, 6.07) is 7.50. The van der Waals surface area contributed by atoms with Gasteiger partial charge in [-0.2, -0.15) is 13.2 Å². The van der Waals surface area contributed by atoms with Gasteiger partial charge in [0.05, 0.1) is 42.9 Å². The molecule has 4 rings (SSSR count). The molecule has 0 unspecified atom stereocenters. The van der Waals surface area contributed by atoms with Crippen molar-refractivity contribution in [3.63, 3.8) is 0 Å². The maximum atomic E-state index is 13.4. The lowest BCUT2D eigenvalue weighted by Gasteiger charge is -2.42. The van der Waals surface area contributed by atoms with Gasteiger partial charge in [-0.3, -0.25) is 19.2 Å². The third kappa shape index (κ3) is 5.71. The number of halogens is 4. The van der Waals surface area contributed by atoms with E-state index in [-0.39, 0.29) is 12.7 Å². The summed E-state index contributed by atoms with van der Waals surface area (Å²) in [4.78, 5) is 8.08. The second-order valence-corrected chi connectivity index (χ2v) is 9.19. The van der Waals surface area contributed by atoms with E-state index in [0.29, 0.717) is 29.6 Å². The number of fused-ring (bicyclic) bond motifs is 1. The third-order valence-electron chi connectivity index (χ3n) is 6.54. The molecule has 0 saturated carbocycles. The molecule has 2 aliphatic heterocycles. The maximum absolute atomic E-state index is 13.4. The Bertz CT molecular complexity index is 970. The molecule has 1 fully saturated rings. The van der Waals surface area contributed by atoms with Crippen molar-refractivity contribution in [1.82, 2.24) is 14.8 Å². The Kier molecular flexibility index (Phi) is 7.46. The Hall–Kier alpha value is -2.21. The molecule has 2 atom stereocenters. The minimum Gasteiger partial charge on any atom is -0.423 e. The number of hydrogen-bond donors (Lipinski definition) is 3. The number of nitrogens with one attached hydrogen (secondary N) is 1. The van der Waals surface area contributed by atoms with Crippen LogP contribution in [-0.4, -0.2) is 83.1 Å². The molecule has 0 bridgehead atoms. The molecule has 3 heterocycles. The molecule has 0 amide bonds. The van der Waals surface area contributed by atoms with E-state index < -0.39 is 31.9 Å². The number of pyridine rings is 1. The third-order valence-corrected chi connectivity index (χ3v) is 6.54. The van der Waals surface area contributed by atoms with Crippen LogP contribution >= 0.6 is 0 Å². The summed E-state index contributed by atoms with van der Waals surface area (Å²) < 4.78 is 52.6. The van der Waals surface area contributed by atoms with Gasteiger partial charge >= 0.3 is 13.3 Å². The van der Waals surface area contributed by atoms with Gasteiger partial charge in [-0.15, -0.1) is 0 Å². The molecule has 34 heavy (non-hydrogen) atoms. The van der Waals surface area contributed by atoms with E-state index in [1.807, 2.05) is 6.07 Å². The molecule has 3 N–H and O–H groups in total. The van der Waals surface area contributed by atoms with Crippen molar-refractivity contribution in [3.8, 4) is 0 Å². The molecular formula is C23H29BF4N4O2. The van der Waals surface area contributed by atoms with E-state index in [9.17, 15) is 27.6 Å². The van der Waals surface area contributed by atoms with Gasteiger partial charge in [-0.25, -0.2) is 0 Å². The van der Waals surface area contributed by atoms with Crippen molar-refractivity contribution >= 4 is 18.3 Å². The largest absolute Gasteiger partial charge is 0.488 e. The fourth-order valence-electron chi connectivity index (χ4n) is 4.90. The van der Waals surface area contributed by atoms with Gasteiger partial charge in [0.2, 0.25) is 0 Å². The van der Waals surface area contributed by atoms with Gasteiger partial charge in [0.15, 0.2) is 0 Å². The Morgan fingerprint density at radius 1 is 1.18 bits per heavy atom. The highest BCUT2D eigenvalue weighted by atomic mass is 19.4. The number of aromatic nitrogens is 1. The first-order chi connectivity index (χ1) is 16.1. The molecule has 0 radical (unpaired) electrons. The van der Waals surface area contributed by atoms with Crippen LogP contribution in [0.4, 0.5) is 23.2 Å². The van der Waals surface area contributed by atoms with Crippen LogP contribution in [0.25, 0.3) is 0 Å². The topological polar surface area (TPSA) is 71.9 Å². The molecule has 2 aliphatic rings. The van der Waals surface area contributed by atoms with Crippen LogP contribution in [0.3, 0.4) is 0 Å². The van der Waals surface area contributed by atoms with Crippen LogP contribution in [0.2, 0.25) is 0 Å². The fourth-order valence-corrected chi connectivity index (χ4v) is 4.90. The smallest absolute Gasteiger partial charge is 0.423 e. The lowest BCUT2D eigenvalue weighted by molar-refractivity contribution is -0.155. The summed E-state index contributed by atoms with van der Waals surface area (Å²) in [5.41, 5.74) is 3.06. The highest BCUT2D eigenvalue weighted by Crippen LogP contribution is 2.38. The first-order valence-electron chi connectivity index (χ1n) is 11.5. The Balaban J connectivity index is 1.56. The standard InChI is InChI=1S/C23H29BF4N4O2/c1-15-9-16-10-17(24(33)34)3-5-20(16)22(32(15)14-23(26,27)28)21-6-4-18(11-29-21)30-19-12-31(13-19)8-2-7-25/h3-6,10-11,15,19,22,30,33-34H,2,7-9,12-14H2,1H3/t15-,22-/m0/s1. The number of hydrogen-bond acceptors (Lipinski definition) is 6. The van der Waals surface area contributed by atoms with Crippen LogP contribution in [-0.2, 0) is 6.42 Å². The number of nitrogens with zero attached hydrogens (tertiary/aromatic N) is 3. The highest BCUT2D eigenvalue weighted by Gasteiger charge is 2.41. The zero-order chi connectivity index (χ0) is 24.5. The summed E-state index contributed by atoms with van der Waals surface area (Å²) in [6.45, 7) is 2.71. The van der Waals surface area contributed by atoms with Crippen molar-refractivity contribution in [1.29, 1.82) is 0 Å². The molecule has 1 saturated heterocycles. The zero-order valence-corrected chi connectivity index (χ0v) is 19.0. The lowest BCUT2D eigenvalue weighted by Crippen LogP contribution is -2.54. The van der Waals surface area contributed by atoms with Crippen molar-refractivity contribution in [2.75, 3.05) is 38.2 Å². The predicted molar refractivity (Wildman–Crippen MR) is 123 cm³/mol. The van der Waals surface area contributed by atoms with Crippen LogP contribution in [0.1, 0.15) is 36.2 Å². The number of alkyl halides is 4. The average Bonchev–Trinajstić information content (AvgIpc) is 2.75. The molecule has 0 spiro atoms. The van der Waals surface area contributed by atoms with Crippen LogP contribution < -0.4 is 10.8 Å². The molecule has 6 nitrogen and oxygen atoms in total. The van der Waals surface area contributed by atoms with Crippen LogP contribution in [0.5, 0.6) is 0 Å².